The molecular formula is C28H27N5O4. The van der Waals surface area contributed by atoms with Gasteiger partial charge in [0.2, 0.25) is 0 Å². The van der Waals surface area contributed by atoms with E-state index in [1.54, 1.807) is 42.5 Å². The zero-order valence-electron chi connectivity index (χ0n) is 20.5. The molecule has 0 aliphatic carbocycles. The van der Waals surface area contributed by atoms with E-state index in [0.29, 0.717) is 17.0 Å². The van der Waals surface area contributed by atoms with Crippen LogP contribution in [-0.2, 0) is 6.54 Å². The molecule has 3 heterocycles. The molecule has 188 valence electrons. The molecule has 0 bridgehead atoms. The number of Topliss-reactive ketones (excluding diaryl/α,β-unsaturated/α-hetero) is 1. The molecule has 0 saturated carbocycles. The van der Waals surface area contributed by atoms with Gasteiger partial charge in [0.15, 0.2) is 11.5 Å². The van der Waals surface area contributed by atoms with Crippen molar-refractivity contribution in [3.05, 3.63) is 106 Å². The van der Waals surface area contributed by atoms with Gasteiger partial charge < -0.3 is 19.5 Å². The van der Waals surface area contributed by atoms with Crippen LogP contribution in [0, 0.1) is 0 Å². The van der Waals surface area contributed by atoms with Gasteiger partial charge in [0.05, 0.1) is 0 Å². The molecule has 0 spiro atoms. The summed E-state index contributed by atoms with van der Waals surface area (Å²) in [4.78, 5) is 41.0. The Labute approximate surface area is 213 Å². The molecule has 1 N–H and O–H groups in total. The van der Waals surface area contributed by atoms with Crippen molar-refractivity contribution in [1.29, 1.82) is 0 Å². The molecule has 1 amide bonds. The topological polar surface area (TPSA) is 101 Å². The minimum Gasteiger partial charge on any atom is -0.454 e. The van der Waals surface area contributed by atoms with Crippen LogP contribution in [0.25, 0.3) is 0 Å². The molecule has 0 unspecified atom stereocenters. The van der Waals surface area contributed by atoms with Gasteiger partial charge in [-0.25, -0.2) is 4.68 Å². The summed E-state index contributed by atoms with van der Waals surface area (Å²) < 4.78 is 7.05. The van der Waals surface area contributed by atoms with Crippen molar-refractivity contribution < 1.29 is 14.0 Å². The quantitative estimate of drug-likeness (QED) is 0.389. The summed E-state index contributed by atoms with van der Waals surface area (Å²) in [6.07, 6.45) is 0. The fourth-order valence-electron chi connectivity index (χ4n) is 4.27. The van der Waals surface area contributed by atoms with Gasteiger partial charge in [-0.1, -0.05) is 18.2 Å². The van der Waals surface area contributed by atoms with Crippen LogP contribution in [0.15, 0.2) is 88.1 Å². The van der Waals surface area contributed by atoms with Gasteiger partial charge in [-0.15, -0.1) is 0 Å². The van der Waals surface area contributed by atoms with Gasteiger partial charge in [-0.05, 0) is 61.5 Å². The molecule has 5 rings (SSSR count). The van der Waals surface area contributed by atoms with Crippen molar-refractivity contribution in [2.75, 3.05) is 41.3 Å². The molecule has 9 nitrogen and oxygen atoms in total. The summed E-state index contributed by atoms with van der Waals surface area (Å²) in [5.74, 6) is 0.818. The number of nitrogens with zero attached hydrogens (tertiary/aromatic N) is 4. The Kier molecular flexibility index (Phi) is 6.85. The van der Waals surface area contributed by atoms with Crippen molar-refractivity contribution in [1.82, 2.24) is 9.78 Å². The van der Waals surface area contributed by atoms with Crippen LogP contribution < -0.4 is 20.7 Å². The number of para-hydroxylation sites is 1. The fraction of sp³-hybridized carbons (Fsp3) is 0.214. The number of amides is 1. The lowest BCUT2D eigenvalue weighted by Gasteiger charge is -2.36. The average Bonchev–Trinajstić information content (AvgIpc) is 3.40. The number of hydrogen-bond acceptors (Lipinski definition) is 7. The lowest BCUT2D eigenvalue weighted by atomic mass is 10.1. The Morgan fingerprint density at radius 1 is 0.865 bits per heavy atom. The molecule has 2 aromatic carbocycles. The zero-order chi connectivity index (χ0) is 25.8. The van der Waals surface area contributed by atoms with Crippen LogP contribution in [0.1, 0.15) is 33.6 Å². The highest BCUT2D eigenvalue weighted by molar-refractivity contribution is 6.02. The second-order valence-electron chi connectivity index (χ2n) is 8.85. The van der Waals surface area contributed by atoms with Crippen molar-refractivity contribution in [3.8, 4) is 0 Å². The first-order valence-electron chi connectivity index (χ1n) is 12.1. The number of rotatable bonds is 7. The van der Waals surface area contributed by atoms with Crippen LogP contribution in [0.5, 0.6) is 0 Å². The first-order valence-corrected chi connectivity index (χ1v) is 12.1. The minimum atomic E-state index is -0.424. The normalized spacial score (nSPS) is 13.4. The number of hydrogen-bond donors (Lipinski definition) is 1. The van der Waals surface area contributed by atoms with Gasteiger partial charge >= 0.3 is 0 Å². The maximum Gasteiger partial charge on any atom is 0.291 e. The van der Waals surface area contributed by atoms with Crippen LogP contribution in [0.3, 0.4) is 0 Å². The molecule has 0 atom stereocenters. The number of carbonyl (C=O) groups is 2. The van der Waals surface area contributed by atoms with E-state index in [4.69, 9.17) is 4.42 Å². The largest absolute Gasteiger partial charge is 0.454 e. The van der Waals surface area contributed by atoms with Crippen LogP contribution in [0.4, 0.5) is 17.2 Å². The van der Waals surface area contributed by atoms with Gasteiger partial charge in [-0.3, -0.25) is 14.4 Å². The van der Waals surface area contributed by atoms with Crippen molar-refractivity contribution in [3.63, 3.8) is 0 Å². The maximum absolute atomic E-state index is 12.6. The Morgan fingerprint density at radius 3 is 2.27 bits per heavy atom. The van der Waals surface area contributed by atoms with Crippen molar-refractivity contribution in [2.45, 2.75) is 13.5 Å². The lowest BCUT2D eigenvalue weighted by molar-refractivity contribution is 0.0992. The van der Waals surface area contributed by atoms with Gasteiger partial charge in [0.25, 0.3) is 11.5 Å². The average molecular weight is 498 g/mol. The van der Waals surface area contributed by atoms with Gasteiger partial charge in [0, 0.05) is 49.2 Å². The summed E-state index contributed by atoms with van der Waals surface area (Å²) >= 11 is 0. The number of piperazine rings is 1. The molecule has 4 aromatic rings. The molecule has 2 aromatic heterocycles. The van der Waals surface area contributed by atoms with Crippen LogP contribution in [-0.4, -0.2) is 47.6 Å². The van der Waals surface area contributed by atoms with E-state index in [0.717, 1.165) is 32.0 Å². The Hall–Kier alpha value is -4.66. The second kappa shape index (κ2) is 10.5. The monoisotopic (exact) mass is 497 g/mol. The highest BCUT2D eigenvalue weighted by atomic mass is 16.4. The van der Waals surface area contributed by atoms with E-state index in [1.165, 1.54) is 23.4 Å². The predicted molar refractivity (Wildman–Crippen MR) is 142 cm³/mol. The third kappa shape index (κ3) is 5.61. The Morgan fingerprint density at radius 2 is 1.57 bits per heavy atom. The number of nitrogens with one attached hydrogen (secondary N) is 1. The third-order valence-corrected chi connectivity index (χ3v) is 6.32. The third-order valence-electron chi connectivity index (χ3n) is 6.32. The van der Waals surface area contributed by atoms with E-state index in [1.807, 2.05) is 18.2 Å². The van der Waals surface area contributed by atoms with Crippen molar-refractivity contribution >= 4 is 28.9 Å². The van der Waals surface area contributed by atoms with E-state index < -0.39 is 5.91 Å². The molecule has 37 heavy (non-hydrogen) atoms. The highest BCUT2D eigenvalue weighted by Gasteiger charge is 2.19. The van der Waals surface area contributed by atoms with E-state index in [2.05, 4.69) is 32.3 Å². The lowest BCUT2D eigenvalue weighted by Crippen LogP contribution is -2.47. The molecule has 1 saturated heterocycles. The number of ketones is 1. The number of anilines is 3. The number of aromatic nitrogens is 2. The molecule has 1 aliphatic heterocycles. The fourth-order valence-corrected chi connectivity index (χ4v) is 4.27. The van der Waals surface area contributed by atoms with Crippen LogP contribution >= 0.6 is 0 Å². The molecule has 9 heteroatoms. The Balaban J connectivity index is 1.22. The molecule has 1 fully saturated rings. The van der Waals surface area contributed by atoms with Gasteiger partial charge in [0.1, 0.15) is 18.1 Å². The first-order chi connectivity index (χ1) is 18.0. The molecular weight excluding hydrogens is 470 g/mol. The van der Waals surface area contributed by atoms with E-state index >= 15 is 0 Å². The summed E-state index contributed by atoms with van der Waals surface area (Å²) in [5.41, 5.74) is 2.06. The van der Waals surface area contributed by atoms with Gasteiger partial charge in [-0.2, -0.15) is 5.10 Å². The number of carbonyl (C=O) groups excluding carboxylic acids is 2. The highest BCUT2D eigenvalue weighted by Crippen LogP contribution is 2.19. The number of furan rings is 1. The molecule has 0 radical (unpaired) electrons. The standard InChI is InChI=1S/C28H27N5O4/c1-20(34)21-7-9-22(10-8-21)29-28(36)25-12-11-24(37-25)19-33-27(35)14-13-26(30-33)32-17-15-31(16-18-32)23-5-3-2-4-6-23/h2-14H,15-19H2,1H3,(H,29,36). The second-order valence-corrected chi connectivity index (χ2v) is 8.85. The summed E-state index contributed by atoms with van der Waals surface area (Å²) in [6.45, 7) is 4.89. The van der Waals surface area contributed by atoms with Crippen LogP contribution in [0.2, 0.25) is 0 Å². The number of benzene rings is 2. The predicted octanol–water partition coefficient (Wildman–Crippen LogP) is 3.67. The zero-order valence-corrected chi connectivity index (χ0v) is 20.5. The van der Waals surface area contributed by atoms with E-state index in [9.17, 15) is 14.4 Å². The van der Waals surface area contributed by atoms with Crippen molar-refractivity contribution in [2.24, 2.45) is 0 Å². The summed E-state index contributed by atoms with van der Waals surface area (Å²) in [5, 5.41) is 7.30. The smallest absolute Gasteiger partial charge is 0.291 e. The summed E-state index contributed by atoms with van der Waals surface area (Å²) in [6, 6.07) is 23.4. The summed E-state index contributed by atoms with van der Waals surface area (Å²) in [7, 11) is 0. The van der Waals surface area contributed by atoms with E-state index in [-0.39, 0.29) is 23.6 Å². The maximum atomic E-state index is 12.6. The minimum absolute atomic E-state index is 0.0454. The SMILES string of the molecule is CC(=O)c1ccc(NC(=O)c2ccc(Cn3nc(N4CCN(c5ccccc5)CC4)ccc3=O)o2)cc1. The first kappa shape index (κ1) is 24.1. The Bertz CT molecular complexity index is 1450. The molecule has 1 aliphatic rings.